The molecule has 1 spiro atoms. The summed E-state index contributed by atoms with van der Waals surface area (Å²) >= 11 is 0. The third-order valence-electron chi connectivity index (χ3n) is 5.16. The van der Waals surface area contributed by atoms with Crippen molar-refractivity contribution in [2.24, 2.45) is 11.3 Å². The Morgan fingerprint density at radius 2 is 2.14 bits per heavy atom. The highest BCUT2D eigenvalue weighted by atomic mass is 19.1. The molecule has 21 heavy (non-hydrogen) atoms. The molecular weight excluding hydrogens is 267 g/mol. The number of carbonyl (C=O) groups is 1. The van der Waals surface area contributed by atoms with Crippen LogP contribution in [0.3, 0.4) is 0 Å². The van der Waals surface area contributed by atoms with Crippen molar-refractivity contribution < 1.29 is 9.18 Å². The average molecular weight is 290 g/mol. The minimum absolute atomic E-state index is 0.130. The highest BCUT2D eigenvalue weighted by molar-refractivity contribution is 5.83. The van der Waals surface area contributed by atoms with Crippen molar-refractivity contribution in [1.29, 1.82) is 0 Å². The van der Waals surface area contributed by atoms with Crippen molar-refractivity contribution >= 4 is 5.91 Å². The lowest BCUT2D eigenvalue weighted by Crippen LogP contribution is -2.34. The number of halogens is 1. The van der Waals surface area contributed by atoms with Gasteiger partial charge in [0.05, 0.1) is 6.04 Å². The van der Waals surface area contributed by atoms with Gasteiger partial charge in [0.15, 0.2) is 0 Å². The maximum atomic E-state index is 13.6. The van der Waals surface area contributed by atoms with Crippen LogP contribution in [0.15, 0.2) is 18.2 Å². The Morgan fingerprint density at radius 3 is 2.81 bits per heavy atom. The topological polar surface area (TPSA) is 41.1 Å². The Morgan fingerprint density at radius 1 is 1.43 bits per heavy atom. The van der Waals surface area contributed by atoms with E-state index >= 15 is 0 Å². The monoisotopic (exact) mass is 290 g/mol. The lowest BCUT2D eigenvalue weighted by molar-refractivity contribution is -0.123. The minimum atomic E-state index is -0.213. The molecule has 1 aromatic rings. The van der Waals surface area contributed by atoms with E-state index in [1.807, 2.05) is 13.0 Å². The highest BCUT2D eigenvalue weighted by Crippen LogP contribution is 2.58. The van der Waals surface area contributed by atoms with Crippen molar-refractivity contribution in [3.8, 4) is 0 Å². The fourth-order valence-electron chi connectivity index (χ4n) is 3.47. The Labute approximate surface area is 125 Å². The van der Waals surface area contributed by atoms with Crippen LogP contribution >= 0.6 is 0 Å². The van der Waals surface area contributed by atoms with E-state index in [1.165, 1.54) is 6.07 Å². The zero-order chi connectivity index (χ0) is 15.0. The number of hydrogen-bond donors (Lipinski definition) is 2. The number of hydrogen-bond acceptors (Lipinski definition) is 2. The molecule has 1 saturated carbocycles. The predicted molar refractivity (Wildman–Crippen MR) is 80.3 cm³/mol. The Hall–Kier alpha value is -1.42. The van der Waals surface area contributed by atoms with Crippen LogP contribution in [0.1, 0.15) is 43.4 Å². The molecule has 114 valence electrons. The van der Waals surface area contributed by atoms with E-state index in [0.29, 0.717) is 5.56 Å². The number of aryl methyl sites for hydroxylation is 1. The average Bonchev–Trinajstić information content (AvgIpc) is 3.16. The van der Waals surface area contributed by atoms with Gasteiger partial charge in [-0.2, -0.15) is 0 Å². The van der Waals surface area contributed by atoms with Gasteiger partial charge in [-0.15, -0.1) is 0 Å². The number of rotatable bonds is 3. The summed E-state index contributed by atoms with van der Waals surface area (Å²) in [4.78, 5) is 12.4. The molecule has 2 atom stereocenters. The number of amides is 1. The summed E-state index contributed by atoms with van der Waals surface area (Å²) in [6, 6.07) is 5.02. The van der Waals surface area contributed by atoms with Gasteiger partial charge in [0, 0.05) is 5.92 Å². The van der Waals surface area contributed by atoms with Gasteiger partial charge in [-0.25, -0.2) is 4.39 Å². The Bertz CT molecular complexity index is 552. The maximum absolute atomic E-state index is 13.6. The molecule has 4 heteroatoms. The molecule has 3 nitrogen and oxygen atoms in total. The summed E-state index contributed by atoms with van der Waals surface area (Å²) in [7, 11) is 0. The molecule has 0 radical (unpaired) electrons. The fraction of sp³-hybridized carbons (Fsp3) is 0.588. The second kappa shape index (κ2) is 5.41. The van der Waals surface area contributed by atoms with Crippen LogP contribution in [-0.2, 0) is 4.79 Å². The van der Waals surface area contributed by atoms with E-state index in [9.17, 15) is 9.18 Å². The second-order valence-electron chi connectivity index (χ2n) is 6.61. The summed E-state index contributed by atoms with van der Waals surface area (Å²) in [5.41, 5.74) is 1.70. The van der Waals surface area contributed by atoms with Gasteiger partial charge >= 0.3 is 0 Å². The normalized spacial score (nSPS) is 24.6. The van der Waals surface area contributed by atoms with Crippen LogP contribution in [0.5, 0.6) is 0 Å². The standard InChI is InChI=1S/C17H23FN2O/c1-11-3-4-13(9-15(11)18)12(2)20-16(21)14-10-17(14)5-7-19-8-6-17/h3-4,9,12,14,19H,5-8,10H2,1-2H3,(H,20,21). The molecule has 1 amide bonds. The summed E-state index contributed by atoms with van der Waals surface area (Å²) < 4.78 is 13.6. The zero-order valence-electron chi connectivity index (χ0n) is 12.7. The van der Waals surface area contributed by atoms with Crippen LogP contribution < -0.4 is 10.6 Å². The molecule has 1 aromatic carbocycles. The van der Waals surface area contributed by atoms with Crippen LogP contribution in [0.25, 0.3) is 0 Å². The van der Waals surface area contributed by atoms with Crippen molar-refractivity contribution in [3.63, 3.8) is 0 Å². The third-order valence-corrected chi connectivity index (χ3v) is 5.16. The molecule has 2 fully saturated rings. The first-order valence-corrected chi connectivity index (χ1v) is 7.79. The highest BCUT2D eigenvalue weighted by Gasteiger charge is 2.57. The van der Waals surface area contributed by atoms with Gasteiger partial charge < -0.3 is 10.6 Å². The van der Waals surface area contributed by atoms with Crippen LogP contribution in [0.4, 0.5) is 4.39 Å². The van der Waals surface area contributed by atoms with Crippen LogP contribution in [0, 0.1) is 24.1 Å². The molecule has 3 rings (SSSR count). The van der Waals surface area contributed by atoms with Crippen molar-refractivity contribution in [2.45, 2.75) is 39.2 Å². The summed E-state index contributed by atoms with van der Waals surface area (Å²) in [5.74, 6) is 0.0672. The van der Waals surface area contributed by atoms with Gasteiger partial charge in [-0.3, -0.25) is 4.79 Å². The number of piperidine rings is 1. The van der Waals surface area contributed by atoms with Crippen LogP contribution in [-0.4, -0.2) is 19.0 Å². The lowest BCUT2D eigenvalue weighted by Gasteiger charge is -2.24. The first kappa shape index (κ1) is 14.5. The predicted octanol–water partition coefficient (Wildman–Crippen LogP) is 2.70. The minimum Gasteiger partial charge on any atom is -0.349 e. The number of nitrogens with one attached hydrogen (secondary N) is 2. The molecule has 1 aliphatic carbocycles. The molecular formula is C17H23FN2O. The zero-order valence-corrected chi connectivity index (χ0v) is 12.7. The van der Waals surface area contributed by atoms with E-state index < -0.39 is 0 Å². The molecule has 2 unspecified atom stereocenters. The van der Waals surface area contributed by atoms with E-state index in [-0.39, 0.29) is 29.1 Å². The smallest absolute Gasteiger partial charge is 0.224 e. The molecule has 2 aliphatic rings. The van der Waals surface area contributed by atoms with E-state index in [2.05, 4.69) is 10.6 Å². The van der Waals surface area contributed by atoms with Crippen molar-refractivity contribution in [1.82, 2.24) is 10.6 Å². The van der Waals surface area contributed by atoms with Gasteiger partial charge in [0.2, 0.25) is 5.91 Å². The van der Waals surface area contributed by atoms with Gasteiger partial charge in [0.25, 0.3) is 0 Å². The summed E-state index contributed by atoms with van der Waals surface area (Å²) in [6.07, 6.45) is 3.20. The fourth-order valence-corrected chi connectivity index (χ4v) is 3.47. The van der Waals surface area contributed by atoms with Gasteiger partial charge in [-0.05, 0) is 68.8 Å². The van der Waals surface area contributed by atoms with E-state index in [4.69, 9.17) is 0 Å². The number of benzene rings is 1. The molecule has 1 aliphatic heterocycles. The summed E-state index contributed by atoms with van der Waals surface area (Å²) in [6.45, 7) is 5.69. The van der Waals surface area contributed by atoms with E-state index in [0.717, 1.165) is 37.9 Å². The molecule has 2 N–H and O–H groups in total. The third kappa shape index (κ3) is 2.82. The maximum Gasteiger partial charge on any atom is 0.224 e. The molecule has 0 bridgehead atoms. The largest absolute Gasteiger partial charge is 0.349 e. The molecule has 0 aromatic heterocycles. The Kier molecular flexibility index (Phi) is 3.74. The summed E-state index contributed by atoms with van der Waals surface area (Å²) in [5, 5.41) is 6.39. The first-order valence-electron chi connectivity index (χ1n) is 7.79. The van der Waals surface area contributed by atoms with E-state index in [1.54, 1.807) is 13.0 Å². The SMILES string of the molecule is Cc1ccc(C(C)NC(=O)C2CC23CCNCC3)cc1F. The molecule has 1 heterocycles. The quantitative estimate of drug-likeness (QED) is 0.898. The van der Waals surface area contributed by atoms with Crippen LogP contribution in [0.2, 0.25) is 0 Å². The second-order valence-corrected chi connectivity index (χ2v) is 6.61. The first-order chi connectivity index (χ1) is 10.0. The number of carbonyl (C=O) groups excluding carboxylic acids is 1. The van der Waals surface area contributed by atoms with Gasteiger partial charge in [0.1, 0.15) is 5.82 Å². The Balaban J connectivity index is 1.61. The van der Waals surface area contributed by atoms with Crippen molar-refractivity contribution in [2.75, 3.05) is 13.1 Å². The lowest BCUT2D eigenvalue weighted by atomic mass is 9.91. The molecule has 1 saturated heterocycles. The van der Waals surface area contributed by atoms with Crippen molar-refractivity contribution in [3.05, 3.63) is 35.1 Å². The van der Waals surface area contributed by atoms with Gasteiger partial charge in [-0.1, -0.05) is 12.1 Å².